The van der Waals surface area contributed by atoms with Crippen molar-refractivity contribution in [2.75, 3.05) is 57.8 Å². The molecule has 2 fully saturated rings. The molecule has 0 spiro atoms. The lowest BCUT2D eigenvalue weighted by Crippen LogP contribution is -2.50. The first-order valence-electron chi connectivity index (χ1n) is 12.8. The molecule has 0 aromatic carbocycles. The molecule has 1 aliphatic carbocycles. The first kappa shape index (κ1) is 24.6. The van der Waals surface area contributed by atoms with E-state index in [4.69, 9.17) is 0 Å². The fourth-order valence-corrected chi connectivity index (χ4v) is 5.39. The van der Waals surface area contributed by atoms with Crippen LogP contribution in [-0.2, 0) is 6.42 Å². The number of nitrogens with one attached hydrogen (secondary N) is 2. The number of allylic oxidation sites excluding steroid dienone is 1. The Balaban J connectivity index is 1.15. The Morgan fingerprint density at radius 1 is 1.22 bits per heavy atom. The minimum atomic E-state index is -0.604. The smallest absolute Gasteiger partial charge is 0.270 e. The summed E-state index contributed by atoms with van der Waals surface area (Å²) >= 11 is 0. The molecule has 36 heavy (non-hydrogen) atoms. The largest absolute Gasteiger partial charge is 0.365 e. The number of halogens is 1. The Morgan fingerprint density at radius 2 is 2.00 bits per heavy atom. The predicted molar refractivity (Wildman–Crippen MR) is 137 cm³/mol. The van der Waals surface area contributed by atoms with Crippen LogP contribution in [0.5, 0.6) is 0 Å². The van der Waals surface area contributed by atoms with E-state index < -0.39 is 5.95 Å². The van der Waals surface area contributed by atoms with Crippen molar-refractivity contribution >= 4 is 17.2 Å². The van der Waals surface area contributed by atoms with Crippen LogP contribution < -0.4 is 15.8 Å². The fraction of sp³-hybridized carbons (Fsp3) is 0.538. The highest BCUT2D eigenvalue weighted by Gasteiger charge is 2.29. The molecule has 192 valence electrons. The maximum atomic E-state index is 14.8. The highest BCUT2D eigenvalue weighted by atomic mass is 19.1. The van der Waals surface area contributed by atoms with E-state index in [9.17, 15) is 14.0 Å². The van der Waals surface area contributed by atoms with Gasteiger partial charge in [-0.3, -0.25) is 14.5 Å². The number of piperazine rings is 1. The van der Waals surface area contributed by atoms with E-state index in [0.29, 0.717) is 49.0 Å². The van der Waals surface area contributed by atoms with E-state index in [-0.39, 0.29) is 23.2 Å². The zero-order valence-corrected chi connectivity index (χ0v) is 21.0. The molecule has 0 radical (unpaired) electrons. The van der Waals surface area contributed by atoms with Gasteiger partial charge in [-0.2, -0.15) is 4.39 Å². The lowest BCUT2D eigenvalue weighted by molar-refractivity contribution is 0.0892. The van der Waals surface area contributed by atoms with Gasteiger partial charge in [-0.1, -0.05) is 13.0 Å². The third kappa shape index (κ3) is 5.19. The summed E-state index contributed by atoms with van der Waals surface area (Å²) in [6.45, 7) is 7.41. The quantitative estimate of drug-likeness (QED) is 0.562. The van der Waals surface area contributed by atoms with Gasteiger partial charge in [0.25, 0.3) is 11.5 Å². The van der Waals surface area contributed by atoms with Crippen molar-refractivity contribution in [3.05, 3.63) is 57.8 Å². The van der Waals surface area contributed by atoms with Crippen molar-refractivity contribution in [2.45, 2.75) is 32.2 Å². The number of rotatable bonds is 7. The summed E-state index contributed by atoms with van der Waals surface area (Å²) < 4.78 is 14.8. The number of H-pyrrole nitrogens is 1. The van der Waals surface area contributed by atoms with Gasteiger partial charge in [0.05, 0.1) is 5.69 Å². The van der Waals surface area contributed by atoms with Crippen molar-refractivity contribution in [2.24, 2.45) is 5.92 Å². The molecule has 4 heterocycles. The number of aromatic amines is 1. The molecule has 2 aromatic heterocycles. The molecule has 0 saturated carbocycles. The standard InChI is InChI=1S/C26H34FN7O2/c1-3-18-14-28-24(31-25(18)35)19-4-5-20(12-19)33-8-10-34(11-9-33)22-7-6-21(30-23(22)27)26(36)29-13-17-15-32(2)16-17/h6-7,12,14,17,20H,3-5,8-11,13,15-16H2,1-2H3,(H,29,36)(H,28,31,35). The Morgan fingerprint density at radius 3 is 2.67 bits per heavy atom. The number of hydrogen-bond acceptors (Lipinski definition) is 7. The number of likely N-dealkylation sites (tertiary alicyclic amines) is 1. The van der Waals surface area contributed by atoms with Gasteiger partial charge in [0.2, 0.25) is 5.95 Å². The normalized spacial score (nSPS) is 21.4. The molecule has 2 saturated heterocycles. The maximum Gasteiger partial charge on any atom is 0.270 e. The van der Waals surface area contributed by atoms with Crippen LogP contribution >= 0.6 is 0 Å². The van der Waals surface area contributed by atoms with Gasteiger partial charge in [0, 0.05) is 69.5 Å². The third-order valence-electron chi connectivity index (χ3n) is 7.54. The Kier molecular flexibility index (Phi) is 7.15. The van der Waals surface area contributed by atoms with E-state index in [1.54, 1.807) is 18.3 Å². The molecular formula is C26H34FN7O2. The zero-order chi connectivity index (χ0) is 25.2. The topological polar surface area (TPSA) is 97.5 Å². The monoisotopic (exact) mass is 495 g/mol. The van der Waals surface area contributed by atoms with Crippen LogP contribution in [-0.4, -0.2) is 89.6 Å². The summed E-state index contributed by atoms with van der Waals surface area (Å²) in [6, 6.07) is 3.55. The minimum absolute atomic E-state index is 0.0641. The molecule has 2 N–H and O–H groups in total. The van der Waals surface area contributed by atoms with Crippen molar-refractivity contribution in [3.63, 3.8) is 0 Å². The highest BCUT2D eigenvalue weighted by molar-refractivity contribution is 5.92. The minimum Gasteiger partial charge on any atom is -0.365 e. The van der Waals surface area contributed by atoms with Gasteiger partial charge >= 0.3 is 0 Å². The van der Waals surface area contributed by atoms with E-state index in [2.05, 4.69) is 36.1 Å². The van der Waals surface area contributed by atoms with Crippen molar-refractivity contribution < 1.29 is 9.18 Å². The first-order valence-corrected chi connectivity index (χ1v) is 12.8. The van der Waals surface area contributed by atoms with Gasteiger partial charge in [-0.05, 0) is 44.0 Å². The summed E-state index contributed by atoms with van der Waals surface area (Å²) in [5, 5.41) is 2.86. The highest BCUT2D eigenvalue weighted by Crippen LogP contribution is 2.30. The summed E-state index contributed by atoms with van der Waals surface area (Å²) in [4.78, 5) is 42.4. The Hall–Kier alpha value is -3.11. The van der Waals surface area contributed by atoms with E-state index >= 15 is 0 Å². The van der Waals surface area contributed by atoms with Crippen molar-refractivity contribution in [1.82, 2.24) is 30.1 Å². The molecule has 9 nitrogen and oxygen atoms in total. The molecule has 0 bridgehead atoms. The molecule has 1 atom stereocenters. The van der Waals surface area contributed by atoms with Gasteiger partial charge in [0.15, 0.2) is 0 Å². The predicted octanol–water partition coefficient (Wildman–Crippen LogP) is 1.53. The van der Waals surface area contributed by atoms with Crippen LogP contribution in [0, 0.1) is 11.9 Å². The summed E-state index contributed by atoms with van der Waals surface area (Å²) in [6.07, 6.45) is 6.39. The number of hydrogen-bond donors (Lipinski definition) is 2. The fourth-order valence-electron chi connectivity index (χ4n) is 5.39. The molecule has 10 heteroatoms. The average molecular weight is 496 g/mol. The van der Waals surface area contributed by atoms with E-state index in [1.165, 1.54) is 0 Å². The summed E-state index contributed by atoms with van der Waals surface area (Å²) in [7, 11) is 2.04. The Bertz CT molecular complexity index is 1200. The maximum absolute atomic E-state index is 14.8. The second-order valence-electron chi connectivity index (χ2n) is 10.1. The SMILES string of the molecule is CCc1cnc(C2=CC(N3CCN(c4ccc(C(=O)NCC5CN(C)C5)nc4F)CC3)CC2)[nH]c1=O. The molecule has 2 aliphatic heterocycles. The molecule has 1 unspecified atom stereocenters. The van der Waals surface area contributed by atoms with Crippen molar-refractivity contribution in [3.8, 4) is 0 Å². The second-order valence-corrected chi connectivity index (χ2v) is 10.1. The first-order chi connectivity index (χ1) is 17.4. The van der Waals surface area contributed by atoms with Crippen molar-refractivity contribution in [1.29, 1.82) is 0 Å². The molecule has 2 aromatic rings. The Labute approximate surface area is 210 Å². The van der Waals surface area contributed by atoms with E-state index in [1.807, 2.05) is 18.9 Å². The molecular weight excluding hydrogens is 461 g/mol. The number of nitrogens with zero attached hydrogens (tertiary/aromatic N) is 5. The summed E-state index contributed by atoms with van der Waals surface area (Å²) in [5.74, 6) is 0.179. The van der Waals surface area contributed by atoms with Gasteiger partial charge in [0.1, 0.15) is 11.5 Å². The number of anilines is 1. The van der Waals surface area contributed by atoms with Gasteiger partial charge in [-0.15, -0.1) is 0 Å². The van der Waals surface area contributed by atoms with Crippen LogP contribution in [0.1, 0.15) is 41.6 Å². The molecule has 3 aliphatic rings. The molecule has 1 amide bonds. The number of aromatic nitrogens is 3. The number of pyridine rings is 1. The van der Waals surface area contributed by atoms with Crippen LogP contribution in [0.3, 0.4) is 0 Å². The van der Waals surface area contributed by atoms with Crippen LogP contribution in [0.25, 0.3) is 5.57 Å². The average Bonchev–Trinajstić information content (AvgIpc) is 3.36. The number of carbonyl (C=O) groups excluding carboxylic acids is 1. The van der Waals surface area contributed by atoms with Crippen LogP contribution in [0.15, 0.2) is 29.2 Å². The number of aryl methyl sites for hydroxylation is 1. The molecule has 5 rings (SSSR count). The third-order valence-corrected chi connectivity index (χ3v) is 7.54. The van der Waals surface area contributed by atoms with Gasteiger partial charge < -0.3 is 20.1 Å². The summed E-state index contributed by atoms with van der Waals surface area (Å²) in [5.41, 5.74) is 2.26. The van der Waals surface area contributed by atoms with E-state index in [0.717, 1.165) is 44.6 Å². The lowest BCUT2D eigenvalue weighted by atomic mass is 10.0. The van der Waals surface area contributed by atoms with Gasteiger partial charge in [-0.25, -0.2) is 9.97 Å². The second kappa shape index (κ2) is 10.5. The van der Waals surface area contributed by atoms with Crippen LogP contribution in [0.2, 0.25) is 0 Å². The number of carbonyl (C=O) groups is 1. The number of amides is 1. The lowest BCUT2D eigenvalue weighted by Gasteiger charge is -2.38. The zero-order valence-electron chi connectivity index (χ0n) is 21.0. The van der Waals surface area contributed by atoms with Crippen LogP contribution in [0.4, 0.5) is 10.1 Å².